The second-order valence-corrected chi connectivity index (χ2v) is 8.44. The second kappa shape index (κ2) is 9.04. The van der Waals surface area contributed by atoms with Gasteiger partial charge in [-0.15, -0.1) is 0 Å². The van der Waals surface area contributed by atoms with E-state index in [4.69, 9.17) is 23.8 Å². The van der Waals surface area contributed by atoms with E-state index < -0.39 is 10.0 Å². The summed E-state index contributed by atoms with van der Waals surface area (Å²) in [7, 11) is -3.71. The molecule has 0 aliphatic heterocycles. The van der Waals surface area contributed by atoms with Gasteiger partial charge in [-0.1, -0.05) is 29.8 Å². The van der Waals surface area contributed by atoms with Gasteiger partial charge in [-0.3, -0.25) is 14.8 Å². The van der Waals surface area contributed by atoms with Crippen LogP contribution in [0.1, 0.15) is 10.4 Å². The summed E-state index contributed by atoms with van der Waals surface area (Å²) in [5, 5.41) is 6.00. The van der Waals surface area contributed by atoms with Crippen molar-refractivity contribution in [3.05, 3.63) is 89.4 Å². The van der Waals surface area contributed by atoms with Crippen LogP contribution in [-0.4, -0.2) is 19.4 Å². The number of thiocarbonyl (C=S) groups is 1. The van der Waals surface area contributed by atoms with Crippen molar-refractivity contribution in [2.24, 2.45) is 0 Å². The summed E-state index contributed by atoms with van der Waals surface area (Å²) >= 11 is 10.9. The third-order valence-electron chi connectivity index (χ3n) is 3.78. The topological polar surface area (TPSA) is 87.3 Å². The minimum atomic E-state index is -3.71. The van der Waals surface area contributed by atoms with Gasteiger partial charge in [0.25, 0.3) is 15.9 Å². The van der Waals surface area contributed by atoms with Crippen LogP contribution in [0.2, 0.25) is 5.02 Å². The molecule has 0 bridgehead atoms. The highest BCUT2D eigenvalue weighted by Crippen LogP contribution is 2.18. The molecular weight excluding hydrogens is 430 g/mol. The van der Waals surface area contributed by atoms with Gasteiger partial charge in [0.1, 0.15) is 0 Å². The van der Waals surface area contributed by atoms with Gasteiger partial charge in [-0.05, 0) is 72.9 Å². The maximum atomic E-state index is 12.4. The predicted octanol–water partition coefficient (Wildman–Crippen LogP) is 4.27. The SMILES string of the molecule is O=C(NC(=S)Nc1ccc(S(=O)(=O)Nc2ccccc2)cc1)c1ccc(Cl)cc1. The Morgan fingerprint density at radius 3 is 2.07 bits per heavy atom. The first-order valence-electron chi connectivity index (χ1n) is 8.39. The smallest absolute Gasteiger partial charge is 0.261 e. The summed E-state index contributed by atoms with van der Waals surface area (Å²) in [5.41, 5.74) is 1.41. The van der Waals surface area contributed by atoms with Crippen molar-refractivity contribution in [2.45, 2.75) is 4.90 Å². The molecule has 0 unspecified atom stereocenters. The maximum Gasteiger partial charge on any atom is 0.261 e. The number of rotatable bonds is 5. The summed E-state index contributed by atoms with van der Waals surface area (Å²) in [4.78, 5) is 12.2. The van der Waals surface area contributed by atoms with Crippen molar-refractivity contribution >= 4 is 56.2 Å². The summed E-state index contributed by atoms with van der Waals surface area (Å²) in [5.74, 6) is -0.384. The zero-order valence-corrected chi connectivity index (χ0v) is 17.3. The van der Waals surface area contributed by atoms with Crippen LogP contribution < -0.4 is 15.4 Å². The Hall–Kier alpha value is -2.94. The molecule has 3 aromatic rings. The van der Waals surface area contributed by atoms with Gasteiger partial charge in [0.05, 0.1) is 4.90 Å². The fraction of sp³-hybridized carbons (Fsp3) is 0. The first-order valence-corrected chi connectivity index (χ1v) is 10.7. The van der Waals surface area contributed by atoms with E-state index in [1.54, 1.807) is 66.7 Å². The van der Waals surface area contributed by atoms with E-state index in [2.05, 4.69) is 15.4 Å². The summed E-state index contributed by atoms with van der Waals surface area (Å²) < 4.78 is 27.4. The van der Waals surface area contributed by atoms with Gasteiger partial charge < -0.3 is 5.32 Å². The van der Waals surface area contributed by atoms with E-state index in [9.17, 15) is 13.2 Å². The van der Waals surface area contributed by atoms with Crippen LogP contribution in [0, 0.1) is 0 Å². The molecule has 9 heteroatoms. The van der Waals surface area contributed by atoms with Crippen molar-refractivity contribution in [2.75, 3.05) is 10.0 Å². The number of para-hydroxylation sites is 1. The molecule has 148 valence electrons. The van der Waals surface area contributed by atoms with E-state index in [1.165, 1.54) is 12.1 Å². The average molecular weight is 446 g/mol. The number of carbonyl (C=O) groups excluding carboxylic acids is 1. The average Bonchev–Trinajstić information content (AvgIpc) is 2.69. The van der Waals surface area contributed by atoms with E-state index in [1.807, 2.05) is 0 Å². The fourth-order valence-corrected chi connectivity index (χ4v) is 3.77. The minimum absolute atomic E-state index is 0.0861. The number of amides is 1. The van der Waals surface area contributed by atoms with Crippen molar-refractivity contribution in [1.29, 1.82) is 0 Å². The Labute approximate surface area is 179 Å². The van der Waals surface area contributed by atoms with Crippen LogP contribution in [0.4, 0.5) is 11.4 Å². The summed E-state index contributed by atoms with van der Waals surface area (Å²) in [6.07, 6.45) is 0. The lowest BCUT2D eigenvalue weighted by molar-refractivity contribution is 0.0977. The van der Waals surface area contributed by atoms with E-state index in [0.29, 0.717) is 22.0 Å². The molecule has 0 saturated carbocycles. The van der Waals surface area contributed by atoms with Gasteiger partial charge in [-0.2, -0.15) is 0 Å². The molecule has 0 spiro atoms. The molecular formula is C20H16ClN3O3S2. The number of nitrogens with one attached hydrogen (secondary N) is 3. The molecule has 0 fully saturated rings. The number of hydrogen-bond donors (Lipinski definition) is 3. The Bertz CT molecular complexity index is 1120. The van der Waals surface area contributed by atoms with Crippen molar-refractivity contribution in [3.63, 3.8) is 0 Å². The number of benzene rings is 3. The Morgan fingerprint density at radius 2 is 1.45 bits per heavy atom. The van der Waals surface area contributed by atoms with Gasteiger partial charge in [-0.25, -0.2) is 8.42 Å². The predicted molar refractivity (Wildman–Crippen MR) is 119 cm³/mol. The van der Waals surface area contributed by atoms with E-state index >= 15 is 0 Å². The maximum absolute atomic E-state index is 12.4. The first-order chi connectivity index (χ1) is 13.8. The molecule has 29 heavy (non-hydrogen) atoms. The van der Waals surface area contributed by atoms with Crippen LogP contribution in [0.3, 0.4) is 0 Å². The Kier molecular flexibility index (Phi) is 6.48. The third-order valence-corrected chi connectivity index (χ3v) is 5.64. The zero-order chi connectivity index (χ0) is 20.9. The highest BCUT2D eigenvalue weighted by atomic mass is 35.5. The second-order valence-electron chi connectivity index (χ2n) is 5.91. The van der Waals surface area contributed by atoms with Gasteiger partial charge in [0, 0.05) is 22.0 Å². The zero-order valence-electron chi connectivity index (χ0n) is 14.9. The third kappa shape index (κ3) is 5.77. The molecule has 0 saturated heterocycles. The van der Waals surface area contributed by atoms with Crippen LogP contribution in [0.5, 0.6) is 0 Å². The van der Waals surface area contributed by atoms with Gasteiger partial charge in [0.2, 0.25) is 0 Å². The Balaban J connectivity index is 1.62. The molecule has 6 nitrogen and oxygen atoms in total. The van der Waals surface area contributed by atoms with Crippen molar-refractivity contribution < 1.29 is 13.2 Å². The Morgan fingerprint density at radius 1 is 0.828 bits per heavy atom. The minimum Gasteiger partial charge on any atom is -0.332 e. The van der Waals surface area contributed by atoms with Gasteiger partial charge in [0.15, 0.2) is 5.11 Å². The monoisotopic (exact) mass is 445 g/mol. The van der Waals surface area contributed by atoms with Gasteiger partial charge >= 0.3 is 0 Å². The molecule has 0 aromatic heterocycles. The molecule has 3 rings (SSSR count). The van der Waals surface area contributed by atoms with Crippen molar-refractivity contribution in [3.8, 4) is 0 Å². The quantitative estimate of drug-likeness (QED) is 0.510. The van der Waals surface area contributed by atoms with Crippen molar-refractivity contribution in [1.82, 2.24) is 5.32 Å². The normalized spacial score (nSPS) is 10.8. The first kappa shape index (κ1) is 20.8. The summed E-state index contributed by atoms with van der Waals surface area (Å²) in [6, 6.07) is 21.0. The molecule has 1 amide bonds. The number of anilines is 2. The highest BCUT2D eigenvalue weighted by molar-refractivity contribution is 7.92. The largest absolute Gasteiger partial charge is 0.332 e. The fourth-order valence-electron chi connectivity index (χ4n) is 2.38. The number of hydrogen-bond acceptors (Lipinski definition) is 4. The van der Waals surface area contributed by atoms with E-state index in [-0.39, 0.29) is 15.9 Å². The standard InChI is InChI=1S/C20H16ClN3O3S2/c21-15-8-6-14(7-9-15)19(25)23-20(28)22-16-10-12-18(13-11-16)29(26,27)24-17-4-2-1-3-5-17/h1-13,24H,(H2,22,23,25,28). The molecule has 3 aromatic carbocycles. The molecule has 3 N–H and O–H groups in total. The van der Waals surface area contributed by atoms with Crippen LogP contribution in [0.15, 0.2) is 83.8 Å². The molecule has 0 aliphatic rings. The number of halogens is 1. The molecule has 0 heterocycles. The van der Waals surface area contributed by atoms with Crippen LogP contribution in [-0.2, 0) is 10.0 Å². The summed E-state index contributed by atoms with van der Waals surface area (Å²) in [6.45, 7) is 0. The number of carbonyl (C=O) groups is 1. The lowest BCUT2D eigenvalue weighted by Gasteiger charge is -2.11. The molecule has 0 radical (unpaired) electrons. The highest BCUT2D eigenvalue weighted by Gasteiger charge is 2.14. The lowest BCUT2D eigenvalue weighted by atomic mass is 10.2. The van der Waals surface area contributed by atoms with Crippen LogP contribution >= 0.6 is 23.8 Å². The lowest BCUT2D eigenvalue weighted by Crippen LogP contribution is -2.34. The number of sulfonamides is 1. The molecule has 0 aliphatic carbocycles. The van der Waals surface area contributed by atoms with Crippen LogP contribution in [0.25, 0.3) is 0 Å². The molecule has 0 atom stereocenters. The van der Waals surface area contributed by atoms with E-state index in [0.717, 1.165) is 0 Å².